The molecule has 2 rings (SSSR count). The molecule has 0 aliphatic carbocycles. The van der Waals surface area contributed by atoms with Crippen molar-refractivity contribution < 1.29 is 9.59 Å². The van der Waals surface area contributed by atoms with E-state index in [-0.39, 0.29) is 18.0 Å². The molecule has 0 saturated carbocycles. The van der Waals surface area contributed by atoms with Crippen LogP contribution < -0.4 is 0 Å². The van der Waals surface area contributed by atoms with Gasteiger partial charge < -0.3 is 0 Å². The minimum absolute atomic E-state index is 0.175. The molecule has 0 amide bonds. The van der Waals surface area contributed by atoms with Crippen LogP contribution in [0.4, 0.5) is 0 Å². The summed E-state index contributed by atoms with van der Waals surface area (Å²) in [7, 11) is 1.76. The van der Waals surface area contributed by atoms with E-state index in [1.807, 2.05) is 13.8 Å². The first-order chi connectivity index (χ1) is 9.01. The number of nitrogens with zero attached hydrogens (tertiary/aromatic N) is 4. The van der Waals surface area contributed by atoms with Crippen LogP contribution in [0.25, 0.3) is 0 Å². The molecule has 100 valence electrons. The standard InChI is InChI=1S/C13H16N4O2/c1-4-17-8-10(7-14-17)12(18)6-13(19)11-5-9(2)16(3)15-11/h5,7-8H,4,6H2,1-3H3. The molecule has 0 aromatic carbocycles. The fraction of sp³-hybridized carbons (Fsp3) is 0.385. The number of carbonyl (C=O) groups is 2. The number of carbonyl (C=O) groups excluding carboxylic acids is 2. The lowest BCUT2D eigenvalue weighted by molar-refractivity contribution is 0.0891. The Morgan fingerprint density at radius 1 is 1.32 bits per heavy atom. The van der Waals surface area contributed by atoms with E-state index >= 15 is 0 Å². The fourth-order valence-corrected chi connectivity index (χ4v) is 1.72. The second-order valence-electron chi connectivity index (χ2n) is 4.40. The van der Waals surface area contributed by atoms with Gasteiger partial charge >= 0.3 is 0 Å². The summed E-state index contributed by atoms with van der Waals surface area (Å²) in [5.74, 6) is -0.494. The third-order valence-corrected chi connectivity index (χ3v) is 3.00. The average Bonchev–Trinajstić information content (AvgIpc) is 2.97. The van der Waals surface area contributed by atoms with Crippen LogP contribution in [0.5, 0.6) is 0 Å². The van der Waals surface area contributed by atoms with E-state index in [9.17, 15) is 9.59 Å². The maximum atomic E-state index is 11.9. The molecule has 0 radical (unpaired) electrons. The van der Waals surface area contributed by atoms with Crippen LogP contribution in [-0.4, -0.2) is 31.1 Å². The number of ketones is 2. The van der Waals surface area contributed by atoms with Gasteiger partial charge in [0, 0.05) is 25.5 Å². The lowest BCUT2D eigenvalue weighted by atomic mass is 10.1. The largest absolute Gasteiger partial charge is 0.294 e. The lowest BCUT2D eigenvalue weighted by Gasteiger charge is -1.95. The summed E-state index contributed by atoms with van der Waals surface area (Å²) >= 11 is 0. The molecule has 2 aromatic rings. The summed E-state index contributed by atoms with van der Waals surface area (Å²) in [6.07, 6.45) is 2.97. The molecule has 0 unspecified atom stereocenters. The van der Waals surface area contributed by atoms with E-state index < -0.39 is 0 Å². The Hall–Kier alpha value is -2.24. The summed E-state index contributed by atoms with van der Waals surface area (Å²) in [6.45, 7) is 4.49. The smallest absolute Gasteiger partial charge is 0.190 e. The molecule has 0 aliphatic rings. The molecule has 19 heavy (non-hydrogen) atoms. The Morgan fingerprint density at radius 2 is 2.05 bits per heavy atom. The lowest BCUT2D eigenvalue weighted by Crippen LogP contribution is -2.09. The van der Waals surface area contributed by atoms with Crippen molar-refractivity contribution in [2.75, 3.05) is 0 Å². The van der Waals surface area contributed by atoms with Crippen LogP contribution in [0, 0.1) is 6.92 Å². The van der Waals surface area contributed by atoms with Gasteiger partial charge in [-0.05, 0) is 19.9 Å². The highest BCUT2D eigenvalue weighted by atomic mass is 16.1. The molecule has 6 nitrogen and oxygen atoms in total. The maximum Gasteiger partial charge on any atom is 0.190 e. The zero-order valence-corrected chi connectivity index (χ0v) is 11.3. The zero-order valence-electron chi connectivity index (χ0n) is 11.3. The van der Waals surface area contributed by atoms with Gasteiger partial charge in [-0.2, -0.15) is 10.2 Å². The Labute approximate surface area is 111 Å². The SMILES string of the molecule is CCn1cc(C(=O)CC(=O)c2cc(C)n(C)n2)cn1. The summed E-state index contributed by atoms with van der Waals surface area (Å²) in [5, 5.41) is 8.09. The van der Waals surface area contributed by atoms with Gasteiger partial charge in [-0.15, -0.1) is 0 Å². The highest BCUT2D eigenvalue weighted by molar-refractivity contribution is 6.12. The van der Waals surface area contributed by atoms with Gasteiger partial charge in [0.1, 0.15) is 5.69 Å². The minimum atomic E-state index is -0.266. The first-order valence-electron chi connectivity index (χ1n) is 6.10. The summed E-state index contributed by atoms with van der Waals surface area (Å²) in [4.78, 5) is 23.9. The van der Waals surface area contributed by atoms with Gasteiger partial charge in [0.15, 0.2) is 11.6 Å². The molecule has 0 atom stereocenters. The predicted molar refractivity (Wildman–Crippen MR) is 69.1 cm³/mol. The maximum absolute atomic E-state index is 11.9. The van der Waals surface area contributed by atoms with Crippen LogP contribution in [-0.2, 0) is 13.6 Å². The number of Topliss-reactive ketones (excluding diaryl/α,β-unsaturated/α-hetero) is 2. The van der Waals surface area contributed by atoms with Crippen LogP contribution in [0.2, 0.25) is 0 Å². The second kappa shape index (κ2) is 5.17. The minimum Gasteiger partial charge on any atom is -0.294 e. The number of hydrogen-bond donors (Lipinski definition) is 0. The number of rotatable bonds is 5. The topological polar surface area (TPSA) is 69.8 Å². The predicted octanol–water partition coefficient (Wildman–Crippen LogP) is 1.40. The third kappa shape index (κ3) is 2.78. The van der Waals surface area contributed by atoms with Crippen molar-refractivity contribution in [2.45, 2.75) is 26.8 Å². The number of aryl methyl sites for hydroxylation is 3. The van der Waals surface area contributed by atoms with Crippen molar-refractivity contribution in [1.29, 1.82) is 0 Å². The number of aromatic nitrogens is 4. The molecule has 0 saturated heterocycles. The monoisotopic (exact) mass is 260 g/mol. The molecular weight excluding hydrogens is 244 g/mol. The zero-order chi connectivity index (χ0) is 14.0. The van der Waals surface area contributed by atoms with Crippen molar-refractivity contribution in [2.24, 2.45) is 7.05 Å². The van der Waals surface area contributed by atoms with E-state index in [1.54, 1.807) is 28.7 Å². The van der Waals surface area contributed by atoms with Gasteiger partial charge in [0.2, 0.25) is 0 Å². The Bertz CT molecular complexity index is 605. The fourth-order valence-electron chi connectivity index (χ4n) is 1.72. The molecule has 2 aromatic heterocycles. The summed E-state index contributed by atoms with van der Waals surface area (Å²) in [5.41, 5.74) is 1.67. The van der Waals surface area contributed by atoms with Gasteiger partial charge in [-0.3, -0.25) is 19.0 Å². The average molecular weight is 260 g/mol. The summed E-state index contributed by atoms with van der Waals surface area (Å²) in [6, 6.07) is 1.69. The molecule has 0 fully saturated rings. The Morgan fingerprint density at radius 3 is 2.58 bits per heavy atom. The van der Waals surface area contributed by atoms with E-state index in [0.29, 0.717) is 17.8 Å². The van der Waals surface area contributed by atoms with Crippen LogP contribution in [0.15, 0.2) is 18.5 Å². The third-order valence-electron chi connectivity index (χ3n) is 3.00. The van der Waals surface area contributed by atoms with E-state index in [0.717, 1.165) is 5.69 Å². The highest BCUT2D eigenvalue weighted by Crippen LogP contribution is 2.09. The molecule has 0 aliphatic heterocycles. The number of hydrogen-bond acceptors (Lipinski definition) is 4. The summed E-state index contributed by atoms with van der Waals surface area (Å²) < 4.78 is 3.27. The first-order valence-corrected chi connectivity index (χ1v) is 6.10. The van der Waals surface area contributed by atoms with Gasteiger partial charge in [0.25, 0.3) is 0 Å². The van der Waals surface area contributed by atoms with Gasteiger partial charge in [-0.25, -0.2) is 0 Å². The Kier molecular flexibility index (Phi) is 3.59. The second-order valence-corrected chi connectivity index (χ2v) is 4.40. The molecular formula is C13H16N4O2. The van der Waals surface area contributed by atoms with Crippen LogP contribution >= 0.6 is 0 Å². The van der Waals surface area contributed by atoms with Crippen molar-refractivity contribution in [3.8, 4) is 0 Å². The van der Waals surface area contributed by atoms with Gasteiger partial charge in [0.05, 0.1) is 18.2 Å². The van der Waals surface area contributed by atoms with Crippen molar-refractivity contribution >= 4 is 11.6 Å². The molecule has 0 N–H and O–H groups in total. The van der Waals surface area contributed by atoms with Gasteiger partial charge in [-0.1, -0.05) is 0 Å². The quantitative estimate of drug-likeness (QED) is 0.602. The highest BCUT2D eigenvalue weighted by Gasteiger charge is 2.17. The van der Waals surface area contributed by atoms with Crippen molar-refractivity contribution in [3.63, 3.8) is 0 Å². The van der Waals surface area contributed by atoms with E-state index in [1.165, 1.54) is 6.20 Å². The molecule has 0 bridgehead atoms. The molecule has 0 spiro atoms. The van der Waals surface area contributed by atoms with Crippen LogP contribution in [0.1, 0.15) is 39.9 Å². The normalized spacial score (nSPS) is 10.7. The first kappa shape index (κ1) is 13.2. The van der Waals surface area contributed by atoms with Crippen molar-refractivity contribution in [1.82, 2.24) is 19.6 Å². The molecule has 2 heterocycles. The molecule has 6 heteroatoms. The van der Waals surface area contributed by atoms with E-state index in [4.69, 9.17) is 0 Å². The van der Waals surface area contributed by atoms with Crippen LogP contribution in [0.3, 0.4) is 0 Å². The van der Waals surface area contributed by atoms with Crippen molar-refractivity contribution in [3.05, 3.63) is 35.4 Å². The Balaban J connectivity index is 2.08. The van der Waals surface area contributed by atoms with E-state index in [2.05, 4.69) is 10.2 Å².